The van der Waals surface area contributed by atoms with Crippen LogP contribution in [0.25, 0.3) is 0 Å². The maximum atomic E-state index is 12.4. The molecule has 0 atom stereocenters. The highest BCUT2D eigenvalue weighted by molar-refractivity contribution is 4.86. The van der Waals surface area contributed by atoms with Crippen LogP contribution in [-0.4, -0.2) is 17.6 Å². The van der Waals surface area contributed by atoms with Gasteiger partial charge < -0.3 is 5.11 Å². The minimum atomic E-state index is -2.59. The van der Waals surface area contributed by atoms with Gasteiger partial charge in [-0.05, 0) is 12.8 Å². The summed E-state index contributed by atoms with van der Waals surface area (Å²) in [6, 6.07) is 0. The Balaban J connectivity index is 2.30. The van der Waals surface area contributed by atoms with E-state index in [9.17, 15) is 8.78 Å². The molecule has 9 heavy (non-hydrogen) atoms. The lowest BCUT2D eigenvalue weighted by atomic mass is 10.1. The molecular formula is C6H10F2O. The van der Waals surface area contributed by atoms with E-state index < -0.39 is 18.4 Å². The summed E-state index contributed by atoms with van der Waals surface area (Å²) in [5.41, 5.74) is 0. The first kappa shape index (κ1) is 6.93. The molecule has 1 rings (SSSR count). The summed E-state index contributed by atoms with van der Waals surface area (Å²) in [6.07, 6.45) is 0.900. The van der Waals surface area contributed by atoms with Crippen molar-refractivity contribution in [2.45, 2.75) is 25.2 Å². The summed E-state index contributed by atoms with van der Waals surface area (Å²) in [5.74, 6) is -3.01. The highest BCUT2D eigenvalue weighted by Crippen LogP contribution is 2.44. The van der Waals surface area contributed by atoms with Crippen LogP contribution < -0.4 is 0 Å². The molecule has 0 spiro atoms. The number of hydrogen-bond acceptors (Lipinski definition) is 1. The molecule has 0 aromatic rings. The first-order valence-corrected chi connectivity index (χ1v) is 3.15. The van der Waals surface area contributed by atoms with Crippen LogP contribution in [0.3, 0.4) is 0 Å². The van der Waals surface area contributed by atoms with Crippen LogP contribution >= 0.6 is 0 Å². The molecule has 1 aliphatic carbocycles. The summed E-state index contributed by atoms with van der Waals surface area (Å²) in [7, 11) is 0. The van der Waals surface area contributed by atoms with Gasteiger partial charge in [-0.25, -0.2) is 8.78 Å². The molecule has 1 aliphatic rings. The standard InChI is InChI=1S/C6H10F2O/c7-6(8,3-4-9)5-1-2-5/h5,9H,1-4H2. The maximum absolute atomic E-state index is 12.4. The minimum Gasteiger partial charge on any atom is -0.396 e. The van der Waals surface area contributed by atoms with Crippen LogP contribution in [-0.2, 0) is 0 Å². The summed E-state index contributed by atoms with van der Waals surface area (Å²) in [5, 5.41) is 8.20. The second-order valence-electron chi connectivity index (χ2n) is 2.51. The third kappa shape index (κ3) is 1.61. The van der Waals surface area contributed by atoms with E-state index in [-0.39, 0.29) is 6.42 Å². The molecule has 54 valence electrons. The van der Waals surface area contributed by atoms with E-state index in [2.05, 4.69) is 0 Å². The van der Waals surface area contributed by atoms with Gasteiger partial charge in [-0.1, -0.05) is 0 Å². The maximum Gasteiger partial charge on any atom is 0.253 e. The monoisotopic (exact) mass is 136 g/mol. The molecule has 0 amide bonds. The SMILES string of the molecule is OCCC(F)(F)C1CC1. The lowest BCUT2D eigenvalue weighted by molar-refractivity contribution is -0.0422. The molecule has 0 bridgehead atoms. The molecule has 0 radical (unpaired) electrons. The number of aliphatic hydroxyl groups is 1. The number of rotatable bonds is 3. The highest BCUT2D eigenvalue weighted by Gasteiger charge is 2.45. The molecule has 1 N–H and O–H groups in total. The summed E-state index contributed by atoms with van der Waals surface area (Å²) >= 11 is 0. The molecule has 0 unspecified atom stereocenters. The smallest absolute Gasteiger partial charge is 0.253 e. The van der Waals surface area contributed by atoms with Crippen LogP contribution in [0.2, 0.25) is 0 Å². The minimum absolute atomic E-state index is 0.363. The Labute approximate surface area is 52.7 Å². The van der Waals surface area contributed by atoms with Gasteiger partial charge in [0.2, 0.25) is 0 Å². The van der Waals surface area contributed by atoms with Gasteiger partial charge in [0.05, 0.1) is 0 Å². The Morgan fingerprint density at radius 1 is 1.44 bits per heavy atom. The molecule has 1 saturated carbocycles. The van der Waals surface area contributed by atoms with E-state index in [1.807, 2.05) is 0 Å². The quantitative estimate of drug-likeness (QED) is 0.622. The third-order valence-electron chi connectivity index (χ3n) is 1.62. The van der Waals surface area contributed by atoms with Gasteiger partial charge in [0, 0.05) is 18.9 Å². The Morgan fingerprint density at radius 3 is 2.33 bits per heavy atom. The Hall–Kier alpha value is -0.180. The molecule has 1 nitrogen and oxygen atoms in total. The number of hydrogen-bond donors (Lipinski definition) is 1. The van der Waals surface area contributed by atoms with Crippen LogP contribution in [0.5, 0.6) is 0 Å². The van der Waals surface area contributed by atoms with Gasteiger partial charge >= 0.3 is 0 Å². The van der Waals surface area contributed by atoms with Crippen molar-refractivity contribution < 1.29 is 13.9 Å². The topological polar surface area (TPSA) is 20.2 Å². The molecule has 0 saturated heterocycles. The molecule has 0 aromatic carbocycles. The largest absolute Gasteiger partial charge is 0.396 e. The summed E-state index contributed by atoms with van der Waals surface area (Å²) < 4.78 is 24.9. The van der Waals surface area contributed by atoms with Gasteiger partial charge in [0.1, 0.15) is 0 Å². The number of alkyl halides is 2. The fourth-order valence-corrected chi connectivity index (χ4v) is 0.859. The van der Waals surface area contributed by atoms with Crippen molar-refractivity contribution in [3.05, 3.63) is 0 Å². The van der Waals surface area contributed by atoms with Gasteiger partial charge in [-0.3, -0.25) is 0 Å². The van der Waals surface area contributed by atoms with Crippen LogP contribution in [0.4, 0.5) is 8.78 Å². The van der Waals surface area contributed by atoms with Crippen LogP contribution in [0.15, 0.2) is 0 Å². The molecule has 0 heterocycles. The molecule has 0 aromatic heterocycles. The van der Waals surface area contributed by atoms with Gasteiger partial charge in [0.15, 0.2) is 0 Å². The third-order valence-corrected chi connectivity index (χ3v) is 1.62. The second-order valence-corrected chi connectivity index (χ2v) is 2.51. The average Bonchev–Trinajstić information content (AvgIpc) is 2.41. The van der Waals surface area contributed by atoms with Gasteiger partial charge in [0.25, 0.3) is 5.92 Å². The van der Waals surface area contributed by atoms with E-state index in [1.165, 1.54) is 0 Å². The van der Waals surface area contributed by atoms with Crippen molar-refractivity contribution in [2.75, 3.05) is 6.61 Å². The zero-order chi connectivity index (χ0) is 6.91. The second kappa shape index (κ2) is 2.21. The first-order chi connectivity index (χ1) is 4.17. The van der Waals surface area contributed by atoms with E-state index >= 15 is 0 Å². The van der Waals surface area contributed by atoms with Crippen LogP contribution in [0, 0.1) is 5.92 Å². The zero-order valence-corrected chi connectivity index (χ0v) is 5.11. The van der Waals surface area contributed by atoms with Crippen molar-refractivity contribution in [3.63, 3.8) is 0 Å². The Morgan fingerprint density at radius 2 is 2.00 bits per heavy atom. The molecular weight excluding hydrogens is 126 g/mol. The summed E-state index contributed by atoms with van der Waals surface area (Å²) in [4.78, 5) is 0. The Kier molecular flexibility index (Phi) is 1.70. The molecule has 3 heteroatoms. The fourth-order valence-electron chi connectivity index (χ4n) is 0.859. The molecule has 1 fully saturated rings. The van der Waals surface area contributed by atoms with Crippen molar-refractivity contribution in [1.29, 1.82) is 0 Å². The fraction of sp³-hybridized carbons (Fsp3) is 1.00. The van der Waals surface area contributed by atoms with Crippen molar-refractivity contribution >= 4 is 0 Å². The van der Waals surface area contributed by atoms with E-state index in [1.54, 1.807) is 0 Å². The molecule has 0 aliphatic heterocycles. The van der Waals surface area contributed by atoms with Crippen molar-refractivity contribution in [2.24, 2.45) is 5.92 Å². The van der Waals surface area contributed by atoms with Gasteiger partial charge in [-0.2, -0.15) is 0 Å². The van der Waals surface area contributed by atoms with Crippen molar-refractivity contribution in [3.8, 4) is 0 Å². The normalized spacial score (nSPS) is 20.3. The van der Waals surface area contributed by atoms with Gasteiger partial charge in [-0.15, -0.1) is 0 Å². The summed E-state index contributed by atoms with van der Waals surface area (Å²) in [6.45, 7) is -0.399. The lowest BCUT2D eigenvalue weighted by Crippen LogP contribution is -2.20. The Bertz CT molecular complexity index is 99.2. The first-order valence-electron chi connectivity index (χ1n) is 3.15. The highest BCUT2D eigenvalue weighted by atomic mass is 19.3. The van der Waals surface area contributed by atoms with E-state index in [0.717, 1.165) is 0 Å². The average molecular weight is 136 g/mol. The van der Waals surface area contributed by atoms with E-state index in [0.29, 0.717) is 12.8 Å². The zero-order valence-electron chi connectivity index (χ0n) is 5.11. The lowest BCUT2D eigenvalue weighted by Gasteiger charge is -2.12. The van der Waals surface area contributed by atoms with Crippen molar-refractivity contribution in [1.82, 2.24) is 0 Å². The number of halogens is 2. The predicted molar refractivity (Wildman–Crippen MR) is 29.4 cm³/mol. The number of aliphatic hydroxyl groups excluding tert-OH is 1. The predicted octanol–water partition coefficient (Wildman–Crippen LogP) is 1.41. The van der Waals surface area contributed by atoms with E-state index in [4.69, 9.17) is 5.11 Å². The van der Waals surface area contributed by atoms with Crippen LogP contribution in [0.1, 0.15) is 19.3 Å².